The van der Waals surface area contributed by atoms with Crippen molar-refractivity contribution in [2.45, 2.75) is 36.9 Å². The minimum atomic E-state index is -4.70. The van der Waals surface area contributed by atoms with Crippen LogP contribution < -0.4 is 15.2 Å². The van der Waals surface area contributed by atoms with Gasteiger partial charge >= 0.3 is 6.18 Å². The highest BCUT2D eigenvalue weighted by molar-refractivity contribution is 7.89. The number of carbonyl (C=O) groups is 1. The van der Waals surface area contributed by atoms with Gasteiger partial charge in [-0.3, -0.25) is 4.79 Å². The van der Waals surface area contributed by atoms with Gasteiger partial charge in [-0.1, -0.05) is 42.3 Å². The number of nitrogens with one attached hydrogen (secondary N) is 1. The first-order valence-corrected chi connectivity index (χ1v) is 12.9. The van der Waals surface area contributed by atoms with Crippen LogP contribution in [0.5, 0.6) is 5.75 Å². The van der Waals surface area contributed by atoms with Crippen molar-refractivity contribution in [2.24, 2.45) is 5.92 Å². The molecule has 0 bridgehead atoms. The van der Waals surface area contributed by atoms with E-state index in [4.69, 9.17) is 33.7 Å². The fourth-order valence-electron chi connectivity index (χ4n) is 3.58. The number of halogens is 5. The highest BCUT2D eigenvalue weighted by Crippen LogP contribution is 2.36. The number of hydrogen-bond acceptors (Lipinski definition) is 5. The lowest BCUT2D eigenvalue weighted by Gasteiger charge is -2.33. The number of nitrogens with zero attached hydrogens (tertiary/aromatic N) is 1. The number of hydrogen-bond donors (Lipinski definition) is 2. The molecular weight excluding hydrogens is 530 g/mol. The highest BCUT2D eigenvalue weighted by atomic mass is 35.5. The molecule has 2 aromatic carbocycles. The van der Waals surface area contributed by atoms with E-state index in [-0.39, 0.29) is 20.6 Å². The Kier molecular flexibility index (Phi) is 8.46. The molecule has 0 aliphatic carbocycles. The predicted molar refractivity (Wildman–Crippen MR) is 127 cm³/mol. The van der Waals surface area contributed by atoms with Crippen molar-refractivity contribution in [3.8, 4) is 5.75 Å². The second-order valence-corrected chi connectivity index (χ2v) is 10.8. The molecule has 0 aromatic heterocycles. The summed E-state index contributed by atoms with van der Waals surface area (Å²) in [5.41, 5.74) is 4.60. The maximum Gasteiger partial charge on any atom is 0.419 e. The zero-order valence-electron chi connectivity index (χ0n) is 18.6. The monoisotopic (exact) mass is 553 g/mol. The number of piperidine rings is 1. The average molecular weight is 554 g/mol. The van der Waals surface area contributed by atoms with Crippen LogP contribution in [-0.4, -0.2) is 45.0 Å². The molecule has 3 N–H and O–H groups in total. The van der Waals surface area contributed by atoms with E-state index in [0.29, 0.717) is 31.8 Å². The number of alkyl halides is 3. The SMILES string of the molecule is CC1CCN(C(=O)C(COc2ccccc2C(F)(F)F)NS(=O)(=O)c2cc(Cl)c(N)c(Cl)c2)CC1. The topological polar surface area (TPSA) is 102 Å². The molecule has 0 radical (unpaired) electrons. The first-order chi connectivity index (χ1) is 16.3. The summed E-state index contributed by atoms with van der Waals surface area (Å²) in [6, 6.07) is 5.09. The zero-order valence-corrected chi connectivity index (χ0v) is 20.9. The molecule has 1 fully saturated rings. The summed E-state index contributed by atoms with van der Waals surface area (Å²) < 4.78 is 73.8. The van der Waals surface area contributed by atoms with Crippen LogP contribution in [0.3, 0.4) is 0 Å². The predicted octanol–water partition coefficient (Wildman–Crippen LogP) is 4.58. The van der Waals surface area contributed by atoms with Crippen molar-refractivity contribution >= 4 is 44.8 Å². The Bertz CT molecular complexity index is 1160. The standard InChI is InChI=1S/C22H24Cl2F3N3O4S/c1-13-6-8-30(9-7-13)21(31)18(12-34-19-5-3-2-4-15(19)22(25,26)27)29-35(32,33)14-10-16(23)20(28)17(24)11-14/h2-5,10-11,13,18,29H,6-9,12,28H2,1H3. The maximum atomic E-state index is 13.4. The molecule has 35 heavy (non-hydrogen) atoms. The van der Waals surface area contributed by atoms with Crippen molar-refractivity contribution in [1.82, 2.24) is 9.62 Å². The minimum absolute atomic E-state index is 0.0190. The second-order valence-electron chi connectivity index (χ2n) is 8.29. The lowest BCUT2D eigenvalue weighted by Crippen LogP contribution is -2.53. The number of para-hydroxylation sites is 1. The van der Waals surface area contributed by atoms with E-state index >= 15 is 0 Å². The van der Waals surface area contributed by atoms with Gasteiger partial charge in [0.2, 0.25) is 15.9 Å². The molecule has 1 heterocycles. The van der Waals surface area contributed by atoms with Crippen molar-refractivity contribution in [3.63, 3.8) is 0 Å². The van der Waals surface area contributed by atoms with Crippen LogP contribution in [0.2, 0.25) is 10.0 Å². The normalized spacial score (nSPS) is 16.2. The second kappa shape index (κ2) is 10.8. The Morgan fingerprint density at radius 2 is 1.77 bits per heavy atom. The van der Waals surface area contributed by atoms with E-state index in [1.54, 1.807) is 0 Å². The van der Waals surface area contributed by atoms with Crippen molar-refractivity contribution in [2.75, 3.05) is 25.4 Å². The van der Waals surface area contributed by atoms with Crippen molar-refractivity contribution < 1.29 is 31.1 Å². The molecule has 1 amide bonds. The van der Waals surface area contributed by atoms with Crippen LogP contribution in [0.4, 0.5) is 18.9 Å². The number of likely N-dealkylation sites (tertiary alicyclic amines) is 1. The number of nitrogen functional groups attached to an aromatic ring is 1. The first kappa shape index (κ1) is 27.4. The Hall–Kier alpha value is -2.21. The van der Waals surface area contributed by atoms with Crippen LogP contribution in [-0.2, 0) is 21.0 Å². The largest absolute Gasteiger partial charge is 0.491 e. The number of benzene rings is 2. The van der Waals surface area contributed by atoms with Gasteiger partial charge in [-0.2, -0.15) is 17.9 Å². The molecule has 0 saturated carbocycles. The van der Waals surface area contributed by atoms with E-state index in [9.17, 15) is 26.4 Å². The molecule has 3 rings (SSSR count). The van der Waals surface area contributed by atoms with Gasteiger partial charge in [0.15, 0.2) is 0 Å². The van der Waals surface area contributed by atoms with E-state index in [1.165, 1.54) is 17.0 Å². The molecule has 1 unspecified atom stereocenters. The summed E-state index contributed by atoms with van der Waals surface area (Å²) in [5.74, 6) is -0.747. The molecule has 1 aliphatic rings. The number of rotatable bonds is 7. The average Bonchev–Trinajstić information content (AvgIpc) is 2.79. The van der Waals surface area contributed by atoms with E-state index in [0.717, 1.165) is 24.3 Å². The van der Waals surface area contributed by atoms with Gasteiger partial charge in [-0.05, 0) is 43.0 Å². The van der Waals surface area contributed by atoms with Gasteiger partial charge in [-0.25, -0.2) is 8.42 Å². The van der Waals surface area contributed by atoms with Crippen LogP contribution in [0.15, 0.2) is 41.3 Å². The molecular formula is C22H24Cl2F3N3O4S. The van der Waals surface area contributed by atoms with Crippen molar-refractivity contribution in [1.29, 1.82) is 0 Å². The molecule has 192 valence electrons. The van der Waals surface area contributed by atoms with Gasteiger partial charge in [0.1, 0.15) is 18.4 Å². The number of nitrogens with two attached hydrogens (primary N) is 1. The van der Waals surface area contributed by atoms with E-state index < -0.39 is 46.1 Å². The molecule has 1 aliphatic heterocycles. The lowest BCUT2D eigenvalue weighted by atomic mass is 9.99. The third-order valence-electron chi connectivity index (χ3n) is 5.65. The number of anilines is 1. The number of amides is 1. The van der Waals surface area contributed by atoms with E-state index in [2.05, 4.69) is 4.72 Å². The summed E-state index contributed by atoms with van der Waals surface area (Å²) in [5, 5.41) is -0.220. The van der Waals surface area contributed by atoms with Crippen molar-refractivity contribution in [3.05, 3.63) is 52.0 Å². The smallest absolute Gasteiger partial charge is 0.419 e. The Morgan fingerprint density at radius 1 is 1.20 bits per heavy atom. The molecule has 0 spiro atoms. The Balaban J connectivity index is 1.89. The molecule has 1 saturated heterocycles. The van der Waals surface area contributed by atoms with Crippen LogP contribution in [0, 0.1) is 5.92 Å². The highest BCUT2D eigenvalue weighted by Gasteiger charge is 2.36. The zero-order chi connectivity index (χ0) is 26.0. The van der Waals surface area contributed by atoms with Crippen LogP contribution in [0.1, 0.15) is 25.3 Å². The van der Waals surface area contributed by atoms with Gasteiger partial charge in [0.25, 0.3) is 0 Å². The van der Waals surface area contributed by atoms with Crippen LogP contribution in [0.25, 0.3) is 0 Å². The Labute approximate surface area is 211 Å². The maximum absolute atomic E-state index is 13.4. The quantitative estimate of drug-likeness (QED) is 0.488. The summed E-state index contributed by atoms with van der Waals surface area (Å²) in [6.07, 6.45) is -3.27. The molecule has 13 heteroatoms. The Morgan fingerprint density at radius 3 is 2.34 bits per heavy atom. The summed E-state index contributed by atoms with van der Waals surface area (Å²) in [7, 11) is -4.38. The summed E-state index contributed by atoms with van der Waals surface area (Å²) in [4.78, 5) is 14.3. The fraction of sp³-hybridized carbons (Fsp3) is 0.409. The van der Waals surface area contributed by atoms with Crippen LogP contribution >= 0.6 is 23.2 Å². The first-order valence-electron chi connectivity index (χ1n) is 10.6. The van der Waals surface area contributed by atoms with Gasteiger partial charge in [0.05, 0.1) is 26.2 Å². The molecule has 1 atom stereocenters. The summed E-state index contributed by atoms with van der Waals surface area (Å²) in [6.45, 7) is 2.13. The fourth-order valence-corrected chi connectivity index (χ4v) is 5.42. The summed E-state index contributed by atoms with van der Waals surface area (Å²) >= 11 is 11.9. The third-order valence-corrected chi connectivity index (χ3v) is 7.73. The third kappa shape index (κ3) is 6.72. The molecule has 7 nitrogen and oxygen atoms in total. The van der Waals surface area contributed by atoms with E-state index in [1.807, 2.05) is 6.92 Å². The number of sulfonamides is 1. The van der Waals surface area contributed by atoms with Gasteiger partial charge in [0, 0.05) is 13.1 Å². The lowest BCUT2D eigenvalue weighted by molar-refractivity contribution is -0.139. The number of ether oxygens (including phenoxy) is 1. The van der Waals surface area contributed by atoms with Gasteiger partial charge in [-0.15, -0.1) is 0 Å². The van der Waals surface area contributed by atoms with Gasteiger partial charge < -0.3 is 15.4 Å². The molecule has 2 aromatic rings. The number of carbonyl (C=O) groups excluding carboxylic acids is 1. The minimum Gasteiger partial charge on any atom is -0.491 e.